The maximum atomic E-state index is 12.9. The highest BCUT2D eigenvalue weighted by molar-refractivity contribution is 8.15. The van der Waals surface area contributed by atoms with Crippen LogP contribution in [0.5, 0.6) is 5.75 Å². The summed E-state index contributed by atoms with van der Waals surface area (Å²) >= 11 is 1.18. The van der Waals surface area contributed by atoms with Crippen molar-refractivity contribution >= 4 is 34.3 Å². The van der Waals surface area contributed by atoms with Gasteiger partial charge in [-0.15, -0.1) is 0 Å². The van der Waals surface area contributed by atoms with Gasteiger partial charge in [0.1, 0.15) is 11.6 Å². The maximum Gasteiger partial charge on any atom is 0.240 e. The number of benzene rings is 2. The minimum atomic E-state index is -0.571. The van der Waals surface area contributed by atoms with Crippen LogP contribution < -0.4 is 5.32 Å². The van der Waals surface area contributed by atoms with Gasteiger partial charge in [0.05, 0.1) is 10.9 Å². The average molecular weight is 344 g/mol. The summed E-state index contributed by atoms with van der Waals surface area (Å²) in [6.45, 7) is 0. The molecule has 0 aliphatic carbocycles. The van der Waals surface area contributed by atoms with Crippen molar-refractivity contribution < 1.29 is 19.1 Å². The van der Waals surface area contributed by atoms with Crippen LogP contribution in [0.1, 0.15) is 16.8 Å². The van der Waals surface area contributed by atoms with E-state index in [1.807, 2.05) is 0 Å². The molecule has 7 heteroatoms. The van der Waals surface area contributed by atoms with Crippen molar-refractivity contribution in [2.45, 2.75) is 11.7 Å². The highest BCUT2D eigenvalue weighted by atomic mass is 32.2. The molecule has 1 aliphatic rings. The normalized spacial score (nSPS) is 18.6. The molecule has 0 bridgehead atoms. The van der Waals surface area contributed by atoms with Gasteiger partial charge < -0.3 is 10.4 Å². The van der Waals surface area contributed by atoms with E-state index in [0.29, 0.717) is 16.4 Å². The van der Waals surface area contributed by atoms with Crippen molar-refractivity contribution in [1.82, 2.24) is 5.32 Å². The molecule has 2 N–H and O–H groups in total. The number of hydrogen-bond donors (Lipinski definition) is 2. The van der Waals surface area contributed by atoms with Crippen LogP contribution in [0.4, 0.5) is 10.1 Å². The van der Waals surface area contributed by atoms with Gasteiger partial charge in [-0.1, -0.05) is 11.8 Å². The van der Waals surface area contributed by atoms with Crippen LogP contribution in [0.3, 0.4) is 0 Å². The number of halogens is 1. The molecule has 3 rings (SSSR count). The van der Waals surface area contributed by atoms with E-state index in [1.54, 1.807) is 12.1 Å². The lowest BCUT2D eigenvalue weighted by molar-refractivity contribution is -0.118. The second-order valence-corrected chi connectivity index (χ2v) is 6.35. The molecule has 0 saturated carbocycles. The maximum absolute atomic E-state index is 12.9. The first kappa shape index (κ1) is 16.2. The number of aliphatic imine (C=N–C) groups is 1. The van der Waals surface area contributed by atoms with Crippen molar-refractivity contribution in [3.63, 3.8) is 0 Å². The molecular weight excluding hydrogens is 331 g/mol. The zero-order valence-corrected chi connectivity index (χ0v) is 13.2. The fourth-order valence-corrected chi connectivity index (χ4v) is 3.15. The third-order valence-electron chi connectivity index (χ3n) is 3.39. The van der Waals surface area contributed by atoms with Crippen molar-refractivity contribution in [3.8, 4) is 5.75 Å². The fourth-order valence-electron chi connectivity index (χ4n) is 2.16. The molecule has 0 aromatic heterocycles. The summed E-state index contributed by atoms with van der Waals surface area (Å²) in [5.74, 6) is -0.797. The molecule has 2 aromatic rings. The van der Waals surface area contributed by atoms with Gasteiger partial charge in [0.15, 0.2) is 11.0 Å². The molecule has 122 valence electrons. The first-order valence-corrected chi connectivity index (χ1v) is 8.03. The SMILES string of the molecule is O=C(C[C@H]1SC(=Nc2ccc(O)cc2)NC1=O)c1ccc(F)cc1. The molecule has 1 fully saturated rings. The van der Waals surface area contributed by atoms with Gasteiger partial charge in [-0.3, -0.25) is 9.59 Å². The number of aromatic hydroxyl groups is 1. The molecule has 1 atom stereocenters. The number of nitrogens with one attached hydrogen (secondary N) is 1. The van der Waals surface area contributed by atoms with Crippen LogP contribution in [0.2, 0.25) is 0 Å². The number of phenolic OH excluding ortho intramolecular Hbond substituents is 1. The Kier molecular flexibility index (Phi) is 4.61. The number of ketones is 1. The van der Waals surface area contributed by atoms with Gasteiger partial charge in [0, 0.05) is 12.0 Å². The van der Waals surface area contributed by atoms with E-state index in [2.05, 4.69) is 10.3 Å². The zero-order valence-electron chi connectivity index (χ0n) is 12.4. The molecule has 2 aromatic carbocycles. The highest BCUT2D eigenvalue weighted by Gasteiger charge is 2.32. The predicted molar refractivity (Wildman–Crippen MR) is 90.1 cm³/mol. The molecule has 1 heterocycles. The van der Waals surface area contributed by atoms with Gasteiger partial charge in [0.25, 0.3) is 0 Å². The Labute approximate surface area is 141 Å². The van der Waals surface area contributed by atoms with Crippen LogP contribution in [0.15, 0.2) is 53.5 Å². The van der Waals surface area contributed by atoms with Gasteiger partial charge in [-0.25, -0.2) is 9.38 Å². The third kappa shape index (κ3) is 3.80. The van der Waals surface area contributed by atoms with Crippen LogP contribution in [-0.4, -0.2) is 27.2 Å². The molecular formula is C17H13FN2O3S. The zero-order chi connectivity index (χ0) is 17.1. The summed E-state index contributed by atoms with van der Waals surface area (Å²) < 4.78 is 12.9. The summed E-state index contributed by atoms with van der Waals surface area (Å²) in [6, 6.07) is 11.5. The minimum absolute atomic E-state index is 0.0106. The van der Waals surface area contributed by atoms with Crippen molar-refractivity contribution in [2.75, 3.05) is 0 Å². The molecule has 1 amide bonds. The van der Waals surface area contributed by atoms with Gasteiger partial charge in [-0.05, 0) is 48.5 Å². The number of Topliss-reactive ketones (excluding diaryl/α,β-unsaturated/α-hetero) is 1. The Hall–Kier alpha value is -2.67. The summed E-state index contributed by atoms with van der Waals surface area (Å²) in [4.78, 5) is 28.4. The molecule has 1 aliphatic heterocycles. The lowest BCUT2D eigenvalue weighted by Gasteiger charge is -2.04. The standard InChI is InChI=1S/C17H13FN2O3S/c18-11-3-1-10(2-4-11)14(22)9-15-16(23)20-17(24-15)19-12-5-7-13(21)8-6-12/h1-8,15,21H,9H2,(H,19,20,23)/t15-/m1/s1. The number of amides is 1. The number of hydrogen-bond acceptors (Lipinski definition) is 5. The monoisotopic (exact) mass is 344 g/mol. The minimum Gasteiger partial charge on any atom is -0.508 e. The lowest BCUT2D eigenvalue weighted by Crippen LogP contribution is -2.26. The Morgan fingerprint density at radius 3 is 2.50 bits per heavy atom. The van der Waals surface area contributed by atoms with E-state index in [9.17, 15) is 19.1 Å². The summed E-state index contributed by atoms with van der Waals surface area (Å²) in [5.41, 5.74) is 0.954. The van der Waals surface area contributed by atoms with Crippen molar-refractivity contribution in [1.29, 1.82) is 0 Å². The Morgan fingerprint density at radius 2 is 1.83 bits per heavy atom. The van der Waals surface area contributed by atoms with Crippen LogP contribution in [0, 0.1) is 5.82 Å². The van der Waals surface area contributed by atoms with E-state index in [4.69, 9.17) is 0 Å². The van der Waals surface area contributed by atoms with Gasteiger partial charge in [0.2, 0.25) is 5.91 Å². The van der Waals surface area contributed by atoms with E-state index in [0.717, 1.165) is 0 Å². The highest BCUT2D eigenvalue weighted by Crippen LogP contribution is 2.27. The number of nitrogens with zero attached hydrogens (tertiary/aromatic N) is 1. The van der Waals surface area contributed by atoms with Crippen molar-refractivity contribution in [2.24, 2.45) is 4.99 Å². The second-order valence-electron chi connectivity index (χ2n) is 5.16. The Morgan fingerprint density at radius 1 is 1.17 bits per heavy atom. The number of phenols is 1. The molecule has 5 nitrogen and oxygen atoms in total. The summed E-state index contributed by atoms with van der Waals surface area (Å²) in [5, 5.41) is 11.7. The molecule has 1 saturated heterocycles. The first-order valence-electron chi connectivity index (χ1n) is 7.15. The van der Waals surface area contributed by atoms with Crippen LogP contribution in [0.25, 0.3) is 0 Å². The summed E-state index contributed by atoms with van der Waals surface area (Å²) in [6.07, 6.45) is 0.0106. The summed E-state index contributed by atoms with van der Waals surface area (Å²) in [7, 11) is 0. The Balaban J connectivity index is 1.67. The quantitative estimate of drug-likeness (QED) is 0.836. The number of thioether (sulfide) groups is 1. The van der Waals surface area contributed by atoms with E-state index >= 15 is 0 Å². The smallest absolute Gasteiger partial charge is 0.240 e. The molecule has 0 radical (unpaired) electrons. The van der Waals surface area contributed by atoms with E-state index in [-0.39, 0.29) is 23.9 Å². The number of rotatable bonds is 4. The molecule has 24 heavy (non-hydrogen) atoms. The molecule has 0 unspecified atom stereocenters. The van der Waals surface area contributed by atoms with Crippen molar-refractivity contribution in [3.05, 3.63) is 59.9 Å². The van der Waals surface area contributed by atoms with Gasteiger partial charge >= 0.3 is 0 Å². The third-order valence-corrected chi connectivity index (χ3v) is 4.48. The van der Waals surface area contributed by atoms with Crippen LogP contribution >= 0.6 is 11.8 Å². The van der Waals surface area contributed by atoms with Crippen LogP contribution in [-0.2, 0) is 4.79 Å². The number of carbonyl (C=O) groups is 2. The topological polar surface area (TPSA) is 78.8 Å². The lowest BCUT2D eigenvalue weighted by atomic mass is 10.1. The second kappa shape index (κ2) is 6.84. The first-order chi connectivity index (χ1) is 11.5. The molecule has 0 spiro atoms. The fraction of sp³-hybridized carbons (Fsp3) is 0.118. The number of amidine groups is 1. The largest absolute Gasteiger partial charge is 0.508 e. The van der Waals surface area contributed by atoms with E-state index < -0.39 is 11.1 Å². The predicted octanol–water partition coefficient (Wildman–Crippen LogP) is 3.02. The van der Waals surface area contributed by atoms with E-state index in [1.165, 1.54) is 48.2 Å². The average Bonchev–Trinajstić information content (AvgIpc) is 2.89. The van der Waals surface area contributed by atoms with Gasteiger partial charge in [-0.2, -0.15) is 0 Å². The Bertz CT molecular complexity index is 804. The number of carbonyl (C=O) groups excluding carboxylic acids is 2.